The van der Waals surface area contributed by atoms with Crippen LogP contribution in [0.5, 0.6) is 0 Å². The van der Waals surface area contributed by atoms with Gasteiger partial charge in [-0.1, -0.05) is 6.92 Å². The molecule has 0 unspecified atom stereocenters. The van der Waals surface area contributed by atoms with Crippen LogP contribution >= 0.6 is 11.6 Å². The Morgan fingerprint density at radius 3 is 2.45 bits per heavy atom. The zero-order chi connectivity index (χ0) is 8.27. The molecule has 0 bridgehead atoms. The molecule has 1 heterocycles. The van der Waals surface area contributed by atoms with E-state index < -0.39 is 0 Å². The predicted molar refractivity (Wildman–Crippen MR) is 44.6 cm³/mol. The number of hydrogen-bond acceptors (Lipinski definition) is 2. The molecule has 0 amide bonds. The Labute approximate surface area is 71.4 Å². The fourth-order valence-electron chi connectivity index (χ4n) is 0.956. The molecule has 0 aromatic carbocycles. The molecule has 0 N–H and O–H groups in total. The van der Waals surface area contributed by atoms with Gasteiger partial charge >= 0.3 is 0 Å². The molecule has 0 saturated heterocycles. The fraction of sp³-hybridized carbons (Fsp3) is 0.714. The van der Waals surface area contributed by atoms with Gasteiger partial charge in [0.1, 0.15) is 11.6 Å². The summed E-state index contributed by atoms with van der Waals surface area (Å²) < 4.78 is 1.95. The second-order valence-electron chi connectivity index (χ2n) is 2.48. The molecule has 62 valence electrons. The van der Waals surface area contributed by atoms with Gasteiger partial charge in [-0.25, -0.2) is 0 Å². The van der Waals surface area contributed by atoms with E-state index in [1.165, 1.54) is 0 Å². The first kappa shape index (κ1) is 8.53. The highest BCUT2D eigenvalue weighted by atomic mass is 35.5. The van der Waals surface area contributed by atoms with E-state index in [1.807, 2.05) is 11.6 Å². The molecule has 0 spiro atoms. The highest BCUT2D eigenvalue weighted by Crippen LogP contribution is 2.03. The van der Waals surface area contributed by atoms with E-state index in [0.29, 0.717) is 5.88 Å². The molecule has 0 aliphatic heterocycles. The smallest absolute Gasteiger partial charge is 0.147 e. The van der Waals surface area contributed by atoms with Gasteiger partial charge in [-0.2, -0.15) is 0 Å². The third-order valence-corrected chi connectivity index (χ3v) is 1.89. The van der Waals surface area contributed by atoms with E-state index in [4.69, 9.17) is 11.6 Å². The van der Waals surface area contributed by atoms with Crippen molar-refractivity contribution in [2.75, 3.05) is 0 Å². The van der Waals surface area contributed by atoms with Crippen LogP contribution in [-0.4, -0.2) is 14.8 Å². The number of aryl methyl sites for hydroxylation is 1. The maximum atomic E-state index is 5.62. The molecular formula is C7H12ClN3. The lowest BCUT2D eigenvalue weighted by molar-refractivity contribution is 0.742. The van der Waals surface area contributed by atoms with Crippen LogP contribution < -0.4 is 0 Å². The number of hydrogen-bond donors (Lipinski definition) is 0. The lowest BCUT2D eigenvalue weighted by Crippen LogP contribution is -2.00. The Hall–Kier alpha value is -0.570. The highest BCUT2D eigenvalue weighted by molar-refractivity contribution is 6.16. The quantitative estimate of drug-likeness (QED) is 0.649. The molecular weight excluding hydrogens is 162 g/mol. The van der Waals surface area contributed by atoms with Crippen molar-refractivity contribution in [3.05, 3.63) is 11.6 Å². The summed E-state index contributed by atoms with van der Waals surface area (Å²) in [5.41, 5.74) is 0. The largest absolute Gasteiger partial charge is 0.317 e. The molecule has 1 aromatic heterocycles. The van der Waals surface area contributed by atoms with Gasteiger partial charge in [0.25, 0.3) is 0 Å². The van der Waals surface area contributed by atoms with Crippen molar-refractivity contribution in [1.82, 2.24) is 14.8 Å². The van der Waals surface area contributed by atoms with E-state index in [1.54, 1.807) is 0 Å². The summed E-state index contributed by atoms with van der Waals surface area (Å²) in [5.74, 6) is 2.30. The number of aromatic nitrogens is 3. The Morgan fingerprint density at radius 2 is 2.00 bits per heavy atom. The molecule has 0 fully saturated rings. The minimum absolute atomic E-state index is 0.438. The monoisotopic (exact) mass is 173 g/mol. The van der Waals surface area contributed by atoms with Gasteiger partial charge in [0.05, 0.1) is 5.88 Å². The summed E-state index contributed by atoms with van der Waals surface area (Å²) in [6.07, 6.45) is 2.06. The molecule has 1 aromatic rings. The Balaban J connectivity index is 2.82. The second kappa shape index (κ2) is 3.72. The van der Waals surface area contributed by atoms with Gasteiger partial charge in [0, 0.05) is 13.5 Å². The minimum Gasteiger partial charge on any atom is -0.317 e. The topological polar surface area (TPSA) is 30.7 Å². The van der Waals surface area contributed by atoms with E-state index >= 15 is 0 Å². The summed E-state index contributed by atoms with van der Waals surface area (Å²) in [4.78, 5) is 0. The number of nitrogens with zero attached hydrogens (tertiary/aromatic N) is 3. The molecule has 0 atom stereocenters. The summed E-state index contributed by atoms with van der Waals surface area (Å²) in [6, 6.07) is 0. The lowest BCUT2D eigenvalue weighted by Gasteiger charge is -1.98. The van der Waals surface area contributed by atoms with Crippen molar-refractivity contribution < 1.29 is 0 Å². The van der Waals surface area contributed by atoms with Crippen molar-refractivity contribution in [2.24, 2.45) is 7.05 Å². The average Bonchev–Trinajstić information content (AvgIpc) is 2.34. The van der Waals surface area contributed by atoms with E-state index in [0.717, 1.165) is 24.5 Å². The third-order valence-electron chi connectivity index (χ3n) is 1.65. The lowest BCUT2D eigenvalue weighted by atomic mass is 10.3. The summed E-state index contributed by atoms with van der Waals surface area (Å²) >= 11 is 5.62. The van der Waals surface area contributed by atoms with E-state index in [9.17, 15) is 0 Å². The normalized spacial score (nSPS) is 10.5. The first-order valence-corrected chi connectivity index (χ1v) is 4.26. The maximum Gasteiger partial charge on any atom is 0.147 e. The Kier molecular flexibility index (Phi) is 2.88. The van der Waals surface area contributed by atoms with Crippen molar-refractivity contribution in [2.45, 2.75) is 25.6 Å². The van der Waals surface area contributed by atoms with Crippen molar-refractivity contribution in [3.8, 4) is 0 Å². The van der Waals surface area contributed by atoms with Gasteiger partial charge < -0.3 is 4.57 Å². The molecule has 11 heavy (non-hydrogen) atoms. The Bertz CT molecular complexity index is 232. The summed E-state index contributed by atoms with van der Waals surface area (Å²) in [7, 11) is 1.95. The van der Waals surface area contributed by atoms with Crippen LogP contribution in [-0.2, 0) is 19.3 Å². The van der Waals surface area contributed by atoms with Crippen LogP contribution in [0.3, 0.4) is 0 Å². The molecule has 1 rings (SSSR count). The molecule has 3 nitrogen and oxygen atoms in total. The van der Waals surface area contributed by atoms with Crippen LogP contribution in [0.1, 0.15) is 25.0 Å². The SMILES string of the molecule is CCCc1nnc(CCl)n1C. The fourth-order valence-corrected chi connectivity index (χ4v) is 1.19. The Morgan fingerprint density at radius 1 is 1.36 bits per heavy atom. The number of halogens is 1. The minimum atomic E-state index is 0.438. The predicted octanol–water partition coefficient (Wildman–Crippen LogP) is 1.51. The average molecular weight is 174 g/mol. The maximum absolute atomic E-state index is 5.62. The van der Waals surface area contributed by atoms with Crippen LogP contribution in [0.25, 0.3) is 0 Å². The van der Waals surface area contributed by atoms with Gasteiger partial charge in [-0.3, -0.25) is 0 Å². The zero-order valence-corrected chi connectivity index (χ0v) is 7.60. The zero-order valence-electron chi connectivity index (χ0n) is 6.84. The highest BCUT2D eigenvalue weighted by Gasteiger charge is 2.04. The van der Waals surface area contributed by atoms with Crippen molar-refractivity contribution in [3.63, 3.8) is 0 Å². The van der Waals surface area contributed by atoms with Crippen molar-refractivity contribution >= 4 is 11.6 Å². The van der Waals surface area contributed by atoms with E-state index in [-0.39, 0.29) is 0 Å². The van der Waals surface area contributed by atoms with Gasteiger partial charge in [0.2, 0.25) is 0 Å². The van der Waals surface area contributed by atoms with Crippen LogP contribution in [0.2, 0.25) is 0 Å². The van der Waals surface area contributed by atoms with Gasteiger partial charge in [0.15, 0.2) is 0 Å². The molecule has 0 saturated carbocycles. The molecule has 0 aliphatic rings. The van der Waals surface area contributed by atoms with E-state index in [2.05, 4.69) is 17.1 Å². The van der Waals surface area contributed by atoms with Crippen LogP contribution in [0, 0.1) is 0 Å². The first-order chi connectivity index (χ1) is 5.29. The van der Waals surface area contributed by atoms with Crippen molar-refractivity contribution in [1.29, 1.82) is 0 Å². The van der Waals surface area contributed by atoms with Crippen LogP contribution in [0.4, 0.5) is 0 Å². The molecule has 0 radical (unpaired) electrons. The van der Waals surface area contributed by atoms with Gasteiger partial charge in [-0.05, 0) is 6.42 Å². The second-order valence-corrected chi connectivity index (χ2v) is 2.74. The molecule has 4 heteroatoms. The van der Waals surface area contributed by atoms with Gasteiger partial charge in [-0.15, -0.1) is 21.8 Å². The number of rotatable bonds is 3. The van der Waals surface area contributed by atoms with Crippen LogP contribution in [0.15, 0.2) is 0 Å². The molecule has 0 aliphatic carbocycles. The number of alkyl halides is 1. The first-order valence-electron chi connectivity index (χ1n) is 3.72. The summed E-state index contributed by atoms with van der Waals surface area (Å²) in [6.45, 7) is 2.12. The third kappa shape index (κ3) is 1.71. The standard InChI is InChI=1S/C7H12ClN3/c1-3-4-6-9-10-7(5-8)11(6)2/h3-5H2,1-2H3. The summed E-state index contributed by atoms with van der Waals surface area (Å²) in [5, 5.41) is 7.94.